The standard InChI is InChI=1S/C34H38N2O3/c1-34(2,22-23-13-16-26(38-3)17-14-23)35-33(37)25-15-18-27-29(21-25)36-19-20-39-30-12-8-7-11-28(30)32(36)31(27)24-9-5-4-6-10-24/h7-8,11-18,21,24H,4-6,9-10,19-20,22H2,1-3H3,(H,35,37). The molecule has 0 unspecified atom stereocenters. The van der Waals surface area contributed by atoms with E-state index in [0.29, 0.717) is 18.1 Å². The largest absolute Gasteiger partial charge is 0.497 e. The highest BCUT2D eigenvalue weighted by molar-refractivity contribution is 6.01. The van der Waals surface area contributed by atoms with E-state index in [1.54, 1.807) is 7.11 Å². The van der Waals surface area contributed by atoms with E-state index in [-0.39, 0.29) is 5.91 Å². The number of nitrogens with zero attached hydrogens (tertiary/aromatic N) is 1. The van der Waals surface area contributed by atoms with Crippen molar-refractivity contribution in [3.63, 3.8) is 0 Å². The minimum absolute atomic E-state index is 0.0459. The van der Waals surface area contributed by atoms with Crippen LogP contribution in [0.5, 0.6) is 11.5 Å². The van der Waals surface area contributed by atoms with Crippen LogP contribution in [0.15, 0.2) is 66.7 Å². The van der Waals surface area contributed by atoms with Gasteiger partial charge in [0.25, 0.3) is 5.91 Å². The molecule has 1 N–H and O–H groups in total. The Hall–Kier alpha value is -3.73. The minimum atomic E-state index is -0.406. The SMILES string of the molecule is COc1ccc(CC(C)(C)NC(=O)c2ccc3c(C4CCCCC4)c4n(c3c2)CCOc2ccccc2-4)cc1. The lowest BCUT2D eigenvalue weighted by molar-refractivity contribution is 0.0913. The maximum Gasteiger partial charge on any atom is 0.251 e. The molecule has 3 aromatic carbocycles. The molecule has 1 aliphatic heterocycles. The van der Waals surface area contributed by atoms with Crippen molar-refractivity contribution in [1.29, 1.82) is 0 Å². The highest BCUT2D eigenvalue weighted by Crippen LogP contribution is 2.47. The molecule has 1 aromatic heterocycles. The Balaban J connectivity index is 1.36. The van der Waals surface area contributed by atoms with Gasteiger partial charge in [-0.25, -0.2) is 0 Å². The number of amides is 1. The average Bonchev–Trinajstić information content (AvgIpc) is 3.14. The second-order valence-electron chi connectivity index (χ2n) is 11.7. The average molecular weight is 523 g/mol. The maximum absolute atomic E-state index is 13.6. The summed E-state index contributed by atoms with van der Waals surface area (Å²) in [5, 5.41) is 4.57. The fourth-order valence-corrected chi connectivity index (χ4v) is 6.56. The molecule has 0 spiro atoms. The zero-order chi connectivity index (χ0) is 27.0. The van der Waals surface area contributed by atoms with Crippen molar-refractivity contribution in [2.24, 2.45) is 0 Å². The van der Waals surface area contributed by atoms with Gasteiger partial charge in [-0.05, 0) is 86.6 Å². The number of nitrogens with one attached hydrogen (secondary N) is 1. The van der Waals surface area contributed by atoms with Crippen LogP contribution in [0.3, 0.4) is 0 Å². The van der Waals surface area contributed by atoms with E-state index in [1.807, 2.05) is 24.3 Å². The van der Waals surface area contributed by atoms with Crippen LogP contribution in [0.4, 0.5) is 0 Å². The fourth-order valence-electron chi connectivity index (χ4n) is 6.56. The minimum Gasteiger partial charge on any atom is -0.497 e. The van der Waals surface area contributed by atoms with E-state index in [2.05, 4.69) is 66.2 Å². The number of fused-ring (bicyclic) bond motifs is 5. The molecule has 2 heterocycles. The Bertz CT molecular complexity index is 1490. The first-order valence-corrected chi connectivity index (χ1v) is 14.3. The van der Waals surface area contributed by atoms with Crippen LogP contribution in [-0.4, -0.2) is 29.7 Å². The predicted molar refractivity (Wildman–Crippen MR) is 157 cm³/mol. The molecule has 1 fully saturated rings. The second-order valence-corrected chi connectivity index (χ2v) is 11.7. The summed E-state index contributed by atoms with van der Waals surface area (Å²) in [7, 11) is 1.67. The summed E-state index contributed by atoms with van der Waals surface area (Å²) in [6.07, 6.45) is 7.04. The van der Waals surface area contributed by atoms with Gasteiger partial charge in [-0.1, -0.05) is 49.6 Å². The van der Waals surface area contributed by atoms with Crippen molar-refractivity contribution >= 4 is 16.8 Å². The lowest BCUT2D eigenvalue weighted by Crippen LogP contribution is -2.45. The molecular weight excluding hydrogens is 484 g/mol. The number of carbonyl (C=O) groups is 1. The maximum atomic E-state index is 13.6. The Labute approximate surface area is 231 Å². The summed E-state index contributed by atoms with van der Waals surface area (Å²) in [4.78, 5) is 13.6. The molecule has 0 atom stereocenters. The van der Waals surface area contributed by atoms with Crippen LogP contribution in [0.25, 0.3) is 22.2 Å². The molecule has 0 saturated heterocycles. The van der Waals surface area contributed by atoms with Gasteiger partial charge in [0.05, 0.1) is 19.3 Å². The number of carbonyl (C=O) groups excluding carboxylic acids is 1. The van der Waals surface area contributed by atoms with Gasteiger partial charge in [0, 0.05) is 27.6 Å². The van der Waals surface area contributed by atoms with Crippen LogP contribution < -0.4 is 14.8 Å². The first-order valence-electron chi connectivity index (χ1n) is 14.3. The number of rotatable bonds is 6. The number of aromatic nitrogens is 1. The van der Waals surface area contributed by atoms with Crippen molar-refractivity contribution in [1.82, 2.24) is 9.88 Å². The molecule has 1 saturated carbocycles. The van der Waals surface area contributed by atoms with E-state index in [1.165, 1.54) is 54.3 Å². The summed E-state index contributed by atoms with van der Waals surface area (Å²) >= 11 is 0. The molecule has 39 heavy (non-hydrogen) atoms. The number of hydrogen-bond donors (Lipinski definition) is 1. The summed E-state index contributed by atoms with van der Waals surface area (Å²) in [6, 6.07) is 22.8. The Morgan fingerprint density at radius 1 is 1.03 bits per heavy atom. The van der Waals surface area contributed by atoms with E-state index < -0.39 is 5.54 Å². The molecule has 5 nitrogen and oxygen atoms in total. The summed E-state index contributed by atoms with van der Waals surface area (Å²) < 4.78 is 13.9. The number of ether oxygens (including phenoxy) is 2. The Morgan fingerprint density at radius 2 is 1.79 bits per heavy atom. The van der Waals surface area contributed by atoms with Crippen molar-refractivity contribution < 1.29 is 14.3 Å². The Morgan fingerprint density at radius 3 is 2.56 bits per heavy atom. The van der Waals surface area contributed by atoms with Crippen LogP contribution in [0.2, 0.25) is 0 Å². The van der Waals surface area contributed by atoms with Crippen molar-refractivity contribution in [3.8, 4) is 22.8 Å². The number of benzene rings is 3. The smallest absolute Gasteiger partial charge is 0.251 e. The third-order valence-corrected chi connectivity index (χ3v) is 8.35. The first kappa shape index (κ1) is 25.5. The Kier molecular flexibility index (Phi) is 6.84. The molecule has 2 aliphatic rings. The topological polar surface area (TPSA) is 52.5 Å². The zero-order valence-corrected chi connectivity index (χ0v) is 23.3. The van der Waals surface area contributed by atoms with Gasteiger partial charge >= 0.3 is 0 Å². The summed E-state index contributed by atoms with van der Waals surface area (Å²) in [5.41, 5.74) is 6.46. The normalized spacial score (nSPS) is 15.7. The quantitative estimate of drug-likeness (QED) is 0.285. The van der Waals surface area contributed by atoms with Crippen LogP contribution >= 0.6 is 0 Å². The van der Waals surface area contributed by atoms with Gasteiger partial charge in [-0.3, -0.25) is 4.79 Å². The van der Waals surface area contributed by atoms with Crippen LogP contribution in [0.1, 0.15) is 73.4 Å². The van der Waals surface area contributed by atoms with Gasteiger partial charge in [0.1, 0.15) is 18.1 Å². The van der Waals surface area contributed by atoms with Crippen molar-refractivity contribution in [3.05, 3.63) is 83.4 Å². The molecule has 0 bridgehead atoms. The first-order chi connectivity index (χ1) is 18.9. The number of hydrogen-bond acceptors (Lipinski definition) is 3. The molecule has 6 rings (SSSR count). The molecule has 202 valence electrons. The number of methoxy groups -OCH3 is 1. The van der Waals surface area contributed by atoms with Gasteiger partial charge < -0.3 is 19.4 Å². The monoisotopic (exact) mass is 522 g/mol. The molecule has 1 aliphatic carbocycles. The van der Waals surface area contributed by atoms with Crippen molar-refractivity contribution in [2.45, 2.75) is 70.4 Å². The molecule has 1 amide bonds. The summed E-state index contributed by atoms with van der Waals surface area (Å²) in [5.74, 6) is 2.28. The highest BCUT2D eigenvalue weighted by Gasteiger charge is 2.30. The van der Waals surface area contributed by atoms with Gasteiger partial charge in [0.2, 0.25) is 0 Å². The van der Waals surface area contributed by atoms with Gasteiger partial charge in [-0.2, -0.15) is 0 Å². The molecule has 5 heteroatoms. The zero-order valence-electron chi connectivity index (χ0n) is 23.3. The fraction of sp³-hybridized carbons (Fsp3) is 0.382. The van der Waals surface area contributed by atoms with Gasteiger partial charge in [0.15, 0.2) is 0 Å². The van der Waals surface area contributed by atoms with Crippen molar-refractivity contribution in [2.75, 3.05) is 13.7 Å². The van der Waals surface area contributed by atoms with Gasteiger partial charge in [-0.15, -0.1) is 0 Å². The van der Waals surface area contributed by atoms with Crippen LogP contribution in [0, 0.1) is 0 Å². The van der Waals surface area contributed by atoms with E-state index in [9.17, 15) is 4.79 Å². The number of para-hydroxylation sites is 1. The third kappa shape index (κ3) is 5.03. The molecule has 4 aromatic rings. The van der Waals surface area contributed by atoms with Crippen LogP contribution in [-0.2, 0) is 13.0 Å². The molecule has 0 radical (unpaired) electrons. The third-order valence-electron chi connectivity index (χ3n) is 8.35. The second kappa shape index (κ2) is 10.4. The van der Waals surface area contributed by atoms with E-state index in [0.717, 1.165) is 35.5 Å². The lowest BCUT2D eigenvalue weighted by Gasteiger charge is -2.26. The lowest BCUT2D eigenvalue weighted by atomic mass is 9.81. The predicted octanol–water partition coefficient (Wildman–Crippen LogP) is 7.51. The van der Waals surface area contributed by atoms with E-state index >= 15 is 0 Å². The van der Waals surface area contributed by atoms with E-state index in [4.69, 9.17) is 9.47 Å². The highest BCUT2D eigenvalue weighted by atomic mass is 16.5. The summed E-state index contributed by atoms with van der Waals surface area (Å²) in [6.45, 7) is 5.53. The molecular formula is C34H38N2O3.